The number of hydrogen-bond acceptors (Lipinski definition) is 1. The minimum Gasteiger partial charge on any atom is -0.197 e. The van der Waals surface area contributed by atoms with E-state index in [1.807, 2.05) is 13.8 Å². The fourth-order valence-corrected chi connectivity index (χ4v) is 1.49. The average Bonchev–Trinajstić information content (AvgIpc) is 2.16. The van der Waals surface area contributed by atoms with Crippen LogP contribution >= 0.6 is 0 Å². The van der Waals surface area contributed by atoms with Crippen molar-refractivity contribution in [1.29, 1.82) is 5.26 Å². The molecule has 14 heavy (non-hydrogen) atoms. The third-order valence-corrected chi connectivity index (χ3v) is 2.55. The van der Waals surface area contributed by atoms with Crippen molar-refractivity contribution in [2.75, 3.05) is 0 Å². The summed E-state index contributed by atoms with van der Waals surface area (Å²) in [5, 5.41) is 9.05. The molecule has 0 saturated heterocycles. The van der Waals surface area contributed by atoms with E-state index in [9.17, 15) is 0 Å². The fourth-order valence-electron chi connectivity index (χ4n) is 1.49. The Labute approximate surface area is 87.0 Å². The minimum absolute atomic E-state index is 0.379. The molecule has 1 aromatic carbocycles. The number of rotatable bonds is 2. The van der Waals surface area contributed by atoms with Crippen LogP contribution in [-0.2, 0) is 5.41 Å². The molecule has 0 aliphatic rings. The van der Waals surface area contributed by atoms with Gasteiger partial charge in [0.25, 0.3) is 0 Å². The Morgan fingerprint density at radius 2 is 1.93 bits per heavy atom. The van der Waals surface area contributed by atoms with E-state index in [0.29, 0.717) is 0 Å². The molecule has 0 saturated carbocycles. The Morgan fingerprint density at radius 3 is 2.43 bits per heavy atom. The van der Waals surface area contributed by atoms with Crippen molar-refractivity contribution in [3.63, 3.8) is 0 Å². The van der Waals surface area contributed by atoms with E-state index < -0.39 is 0 Å². The Morgan fingerprint density at radius 1 is 1.29 bits per heavy atom. The molecule has 0 aliphatic carbocycles. The summed E-state index contributed by atoms with van der Waals surface area (Å²) in [6, 6.07) is 8.75. The molecule has 0 aliphatic heterocycles. The van der Waals surface area contributed by atoms with Gasteiger partial charge in [0, 0.05) is 0 Å². The highest BCUT2D eigenvalue weighted by atomic mass is 14.3. The molecule has 0 atom stereocenters. The molecule has 1 aromatic rings. The third-order valence-electron chi connectivity index (χ3n) is 2.55. The maximum Gasteiger partial charge on any atom is 0.154 e. The minimum atomic E-state index is -0.379. The summed E-state index contributed by atoms with van der Waals surface area (Å²) in [5.41, 5.74) is 3.29. The van der Waals surface area contributed by atoms with Gasteiger partial charge in [-0.3, -0.25) is 0 Å². The van der Waals surface area contributed by atoms with Crippen LogP contribution in [0.5, 0.6) is 0 Å². The lowest BCUT2D eigenvalue weighted by atomic mass is 9.70. The SMILES string of the molecule is CBc1cc(C)cc(C(C)(C)C#N)c1. The molecule has 1 rings (SSSR count). The van der Waals surface area contributed by atoms with E-state index in [-0.39, 0.29) is 5.41 Å². The lowest BCUT2D eigenvalue weighted by Gasteiger charge is -2.17. The highest BCUT2D eigenvalue weighted by molar-refractivity contribution is 6.51. The van der Waals surface area contributed by atoms with Gasteiger partial charge < -0.3 is 0 Å². The Hall–Kier alpha value is -1.23. The van der Waals surface area contributed by atoms with Crippen LogP contribution < -0.4 is 5.46 Å². The second kappa shape index (κ2) is 3.88. The topological polar surface area (TPSA) is 23.8 Å². The van der Waals surface area contributed by atoms with Gasteiger partial charge in [0.2, 0.25) is 0 Å². The lowest BCUT2D eigenvalue weighted by molar-refractivity contribution is 0.687. The number of nitriles is 1. The maximum absolute atomic E-state index is 9.05. The van der Waals surface area contributed by atoms with Crippen LogP contribution in [-0.4, -0.2) is 7.28 Å². The average molecular weight is 185 g/mol. The Kier molecular flexibility index (Phi) is 3.01. The summed E-state index contributed by atoms with van der Waals surface area (Å²) < 4.78 is 0. The second-order valence-electron chi connectivity index (χ2n) is 4.30. The van der Waals surface area contributed by atoms with Gasteiger partial charge in [0.05, 0.1) is 11.5 Å². The van der Waals surface area contributed by atoms with Gasteiger partial charge in [-0.25, -0.2) is 0 Å². The van der Waals surface area contributed by atoms with Gasteiger partial charge in [-0.2, -0.15) is 5.26 Å². The maximum atomic E-state index is 9.05. The van der Waals surface area contributed by atoms with Crippen LogP contribution in [0.1, 0.15) is 25.0 Å². The highest BCUT2D eigenvalue weighted by Gasteiger charge is 2.19. The van der Waals surface area contributed by atoms with Crippen molar-refractivity contribution in [3.8, 4) is 6.07 Å². The first kappa shape index (κ1) is 10.9. The number of hydrogen-bond donors (Lipinski definition) is 0. The molecule has 0 bridgehead atoms. The Bertz CT molecular complexity index is 374. The van der Waals surface area contributed by atoms with Crippen molar-refractivity contribution in [1.82, 2.24) is 0 Å². The third kappa shape index (κ3) is 2.17. The number of nitrogens with zero attached hydrogens (tertiary/aromatic N) is 1. The molecular formula is C12H16BN. The van der Waals surface area contributed by atoms with Gasteiger partial charge in [0.1, 0.15) is 0 Å². The van der Waals surface area contributed by atoms with Crippen LogP contribution in [0.4, 0.5) is 0 Å². The summed E-state index contributed by atoms with van der Waals surface area (Å²) in [6.45, 7) is 8.14. The zero-order valence-corrected chi connectivity index (χ0v) is 9.39. The number of benzene rings is 1. The fraction of sp³-hybridized carbons (Fsp3) is 0.417. The first-order valence-corrected chi connectivity index (χ1v) is 5.02. The molecule has 72 valence electrons. The molecule has 0 unspecified atom stereocenters. The van der Waals surface area contributed by atoms with E-state index in [1.165, 1.54) is 11.0 Å². The molecule has 0 radical (unpaired) electrons. The molecule has 0 spiro atoms. The van der Waals surface area contributed by atoms with Gasteiger partial charge in [-0.15, -0.1) is 0 Å². The van der Waals surface area contributed by atoms with Crippen LogP contribution in [0.3, 0.4) is 0 Å². The second-order valence-corrected chi connectivity index (χ2v) is 4.30. The molecule has 0 heterocycles. The van der Waals surface area contributed by atoms with Crippen LogP contribution in [0.25, 0.3) is 0 Å². The van der Waals surface area contributed by atoms with Gasteiger partial charge in [-0.05, 0) is 26.3 Å². The van der Waals surface area contributed by atoms with E-state index in [1.54, 1.807) is 0 Å². The predicted octanol–water partition coefficient (Wildman–Crippen LogP) is 1.91. The summed E-state index contributed by atoms with van der Waals surface area (Å²) in [4.78, 5) is 0. The zero-order valence-electron chi connectivity index (χ0n) is 9.39. The zero-order chi connectivity index (χ0) is 10.8. The monoisotopic (exact) mass is 185 g/mol. The van der Waals surface area contributed by atoms with Crippen molar-refractivity contribution >= 4 is 12.7 Å². The van der Waals surface area contributed by atoms with Crippen LogP contribution in [0.2, 0.25) is 6.82 Å². The Balaban J connectivity index is 3.24. The van der Waals surface area contributed by atoms with E-state index >= 15 is 0 Å². The van der Waals surface area contributed by atoms with Gasteiger partial charge in [0.15, 0.2) is 7.28 Å². The normalized spacial score (nSPS) is 10.8. The number of aryl methyl sites for hydroxylation is 1. The standard InChI is InChI=1S/C12H16BN/c1-9-5-10(12(2,3)8-14)7-11(6-9)13-4/h5-7,13H,1-4H3. The molecular weight excluding hydrogens is 169 g/mol. The smallest absolute Gasteiger partial charge is 0.154 e. The summed E-state index contributed by atoms with van der Waals surface area (Å²) in [7, 11) is 1.02. The quantitative estimate of drug-likeness (QED) is 0.645. The highest BCUT2D eigenvalue weighted by Crippen LogP contribution is 2.21. The first-order chi connectivity index (χ1) is 6.49. The molecule has 0 N–H and O–H groups in total. The van der Waals surface area contributed by atoms with Crippen molar-refractivity contribution in [2.45, 2.75) is 33.0 Å². The summed E-state index contributed by atoms with van der Waals surface area (Å²) in [6.07, 6.45) is 0. The van der Waals surface area contributed by atoms with Gasteiger partial charge >= 0.3 is 0 Å². The molecule has 1 nitrogen and oxygen atoms in total. The lowest BCUT2D eigenvalue weighted by Crippen LogP contribution is -2.19. The summed E-state index contributed by atoms with van der Waals surface area (Å²) >= 11 is 0. The van der Waals surface area contributed by atoms with Crippen molar-refractivity contribution in [3.05, 3.63) is 29.3 Å². The van der Waals surface area contributed by atoms with E-state index in [0.717, 1.165) is 12.8 Å². The molecule has 0 amide bonds. The van der Waals surface area contributed by atoms with E-state index in [4.69, 9.17) is 5.26 Å². The molecule has 0 aromatic heterocycles. The first-order valence-electron chi connectivity index (χ1n) is 5.02. The van der Waals surface area contributed by atoms with Crippen LogP contribution in [0.15, 0.2) is 18.2 Å². The predicted molar refractivity (Wildman–Crippen MR) is 62.5 cm³/mol. The van der Waals surface area contributed by atoms with Crippen molar-refractivity contribution < 1.29 is 0 Å². The summed E-state index contributed by atoms with van der Waals surface area (Å²) in [5.74, 6) is 0. The van der Waals surface area contributed by atoms with Crippen LogP contribution in [0, 0.1) is 18.3 Å². The van der Waals surface area contributed by atoms with E-state index in [2.05, 4.69) is 38.0 Å². The van der Waals surface area contributed by atoms with Crippen molar-refractivity contribution in [2.24, 2.45) is 0 Å². The largest absolute Gasteiger partial charge is 0.197 e. The van der Waals surface area contributed by atoms with Gasteiger partial charge in [-0.1, -0.05) is 36.0 Å². The molecule has 2 heteroatoms. The molecule has 0 fully saturated rings.